The van der Waals surface area contributed by atoms with Gasteiger partial charge in [0.15, 0.2) is 0 Å². The van der Waals surface area contributed by atoms with E-state index in [-0.39, 0.29) is 47.5 Å². The molecule has 1 rings (SSSR count). The fourth-order valence-electron chi connectivity index (χ4n) is 5.23. The zero-order valence-electron chi connectivity index (χ0n) is 28.2. The Morgan fingerprint density at radius 3 is 1.40 bits per heavy atom. The number of benzene rings is 1. The number of Topliss-reactive ketones (excluding diaryl/α,β-unsaturated/α-hetero) is 6. The van der Waals surface area contributed by atoms with Crippen LogP contribution in [0.3, 0.4) is 0 Å². The lowest BCUT2D eigenvalue weighted by Crippen LogP contribution is -2.42. The third kappa shape index (κ3) is 21.6. The highest BCUT2D eigenvalue weighted by molar-refractivity contribution is 5.89. The minimum absolute atomic E-state index is 0.0131. The Morgan fingerprint density at radius 2 is 0.979 bits per heavy atom. The van der Waals surface area contributed by atoms with Gasteiger partial charge in [-0.25, -0.2) is 0 Å². The minimum atomic E-state index is -1.15. The monoisotopic (exact) mass is 655 g/mol. The number of rotatable bonds is 29. The minimum Gasteiger partial charge on any atom is -0.480 e. The van der Waals surface area contributed by atoms with Crippen LogP contribution in [0.25, 0.3) is 0 Å². The summed E-state index contributed by atoms with van der Waals surface area (Å²) in [6.07, 6.45) is 7.52. The molecule has 0 bridgehead atoms. The van der Waals surface area contributed by atoms with Crippen LogP contribution in [-0.4, -0.2) is 57.7 Å². The first-order valence-electron chi connectivity index (χ1n) is 17.0. The van der Waals surface area contributed by atoms with Crippen molar-refractivity contribution in [2.24, 2.45) is 5.92 Å². The quantitative estimate of drug-likeness (QED) is 0.1000. The standard InChI is InChI=1S/C37H53NO9/c1-27(39)13-9-18-32(41)20-11-22-34(43)24-12-23-33(42)21-10-19-31(40)16-7-4-8-17-35(44)26-30(25-29-14-5-3-6-15-29)36(45)38-28(2)37(46)47/h3,5-6,14-15,28,30H,4,7-13,16-26H2,1-2H3,(H,38,45)(H,46,47)/t28-,30+/m1/s1. The third-order valence-corrected chi connectivity index (χ3v) is 8.03. The van der Waals surface area contributed by atoms with E-state index in [0.717, 1.165) is 5.56 Å². The fourth-order valence-corrected chi connectivity index (χ4v) is 5.23. The van der Waals surface area contributed by atoms with Gasteiger partial charge < -0.3 is 15.2 Å². The normalized spacial score (nSPS) is 12.1. The van der Waals surface area contributed by atoms with Crippen molar-refractivity contribution >= 4 is 46.6 Å². The molecule has 1 amide bonds. The molecule has 0 saturated heterocycles. The molecular formula is C37H53NO9. The summed E-state index contributed by atoms with van der Waals surface area (Å²) in [5.74, 6) is -2.10. The number of carboxylic acid groups (broad SMARTS) is 1. The second-order valence-electron chi connectivity index (χ2n) is 12.5. The van der Waals surface area contributed by atoms with Crippen LogP contribution < -0.4 is 5.32 Å². The van der Waals surface area contributed by atoms with Crippen LogP contribution in [0.4, 0.5) is 0 Å². The van der Waals surface area contributed by atoms with Crippen LogP contribution in [-0.2, 0) is 44.8 Å². The van der Waals surface area contributed by atoms with Gasteiger partial charge in [-0.15, -0.1) is 0 Å². The Morgan fingerprint density at radius 1 is 0.574 bits per heavy atom. The topological polar surface area (TPSA) is 169 Å². The van der Waals surface area contributed by atoms with Crippen LogP contribution in [0, 0.1) is 5.92 Å². The largest absolute Gasteiger partial charge is 0.480 e. The van der Waals surface area contributed by atoms with Crippen molar-refractivity contribution in [2.45, 2.75) is 142 Å². The second kappa shape index (κ2) is 24.4. The number of unbranched alkanes of at least 4 members (excludes halogenated alkanes) is 2. The van der Waals surface area contributed by atoms with Crippen LogP contribution in [0.1, 0.15) is 135 Å². The number of ketones is 6. The summed E-state index contributed by atoms with van der Waals surface area (Å²) < 4.78 is 0. The first-order chi connectivity index (χ1) is 22.4. The highest BCUT2D eigenvalue weighted by atomic mass is 16.4. The van der Waals surface area contributed by atoms with Gasteiger partial charge in [-0.2, -0.15) is 0 Å². The predicted molar refractivity (Wildman–Crippen MR) is 178 cm³/mol. The summed E-state index contributed by atoms with van der Waals surface area (Å²) in [6.45, 7) is 2.88. The first kappa shape index (κ1) is 41.2. The Hall–Kier alpha value is -3.82. The maximum atomic E-state index is 12.7. The predicted octanol–water partition coefficient (Wildman–Crippen LogP) is 5.89. The Balaban J connectivity index is 2.18. The van der Waals surface area contributed by atoms with Gasteiger partial charge >= 0.3 is 5.97 Å². The lowest BCUT2D eigenvalue weighted by atomic mass is 9.91. The molecule has 0 aliphatic heterocycles. The van der Waals surface area contributed by atoms with Crippen molar-refractivity contribution in [3.8, 4) is 0 Å². The van der Waals surface area contributed by atoms with E-state index in [1.807, 2.05) is 30.3 Å². The average Bonchev–Trinajstić information content (AvgIpc) is 3.00. The summed E-state index contributed by atoms with van der Waals surface area (Å²) >= 11 is 0. The Bertz CT molecular complexity index is 1190. The van der Waals surface area contributed by atoms with Crippen molar-refractivity contribution in [2.75, 3.05) is 0 Å². The molecular weight excluding hydrogens is 602 g/mol. The lowest BCUT2D eigenvalue weighted by Gasteiger charge is -2.18. The summed E-state index contributed by atoms with van der Waals surface area (Å²) in [5, 5.41) is 11.6. The van der Waals surface area contributed by atoms with Gasteiger partial charge in [0.05, 0.1) is 0 Å². The van der Waals surface area contributed by atoms with E-state index in [1.165, 1.54) is 13.8 Å². The number of hydrogen-bond donors (Lipinski definition) is 2. The SMILES string of the molecule is CC(=O)CCCC(=O)CCCC(=O)CCCC(=O)CCCC(=O)CCCCCC(=O)C[C@H](Cc1ccccc1)C(=O)N[C@H](C)C(=O)O. The van der Waals surface area contributed by atoms with Crippen molar-refractivity contribution in [1.82, 2.24) is 5.32 Å². The van der Waals surface area contributed by atoms with Crippen molar-refractivity contribution in [3.63, 3.8) is 0 Å². The van der Waals surface area contributed by atoms with Gasteiger partial charge in [-0.05, 0) is 64.4 Å². The molecule has 0 saturated carbocycles. The molecule has 0 aromatic heterocycles. The van der Waals surface area contributed by atoms with E-state index < -0.39 is 23.8 Å². The van der Waals surface area contributed by atoms with Gasteiger partial charge in [0.1, 0.15) is 40.7 Å². The number of hydrogen-bond acceptors (Lipinski definition) is 8. The van der Waals surface area contributed by atoms with Crippen LogP contribution >= 0.6 is 0 Å². The van der Waals surface area contributed by atoms with E-state index in [4.69, 9.17) is 5.11 Å². The van der Waals surface area contributed by atoms with E-state index >= 15 is 0 Å². The van der Waals surface area contributed by atoms with E-state index in [0.29, 0.717) is 109 Å². The molecule has 0 heterocycles. The molecule has 1 aromatic rings. The molecule has 47 heavy (non-hydrogen) atoms. The third-order valence-electron chi connectivity index (χ3n) is 8.03. The molecule has 0 unspecified atom stereocenters. The van der Waals surface area contributed by atoms with Crippen LogP contribution in [0.15, 0.2) is 30.3 Å². The highest BCUT2D eigenvalue weighted by Crippen LogP contribution is 2.17. The van der Waals surface area contributed by atoms with E-state index in [9.17, 15) is 38.4 Å². The number of amides is 1. The van der Waals surface area contributed by atoms with Crippen molar-refractivity contribution < 1.29 is 43.5 Å². The first-order valence-corrected chi connectivity index (χ1v) is 17.0. The zero-order chi connectivity index (χ0) is 35.0. The zero-order valence-corrected chi connectivity index (χ0v) is 28.2. The number of nitrogens with one attached hydrogen (secondary N) is 1. The smallest absolute Gasteiger partial charge is 0.325 e. The maximum absolute atomic E-state index is 12.7. The number of aliphatic carboxylic acids is 1. The molecule has 0 aliphatic carbocycles. The summed E-state index contributed by atoms with van der Waals surface area (Å²) in [6, 6.07) is 8.20. The molecule has 260 valence electrons. The van der Waals surface area contributed by atoms with Gasteiger partial charge in [-0.1, -0.05) is 36.8 Å². The van der Waals surface area contributed by atoms with E-state index in [1.54, 1.807) is 0 Å². The number of carbonyl (C=O) groups is 8. The molecule has 0 aliphatic rings. The number of carbonyl (C=O) groups excluding carboxylic acids is 7. The molecule has 10 nitrogen and oxygen atoms in total. The molecule has 10 heteroatoms. The lowest BCUT2D eigenvalue weighted by molar-refractivity contribution is -0.142. The molecule has 0 spiro atoms. The fraction of sp³-hybridized carbons (Fsp3) is 0.622. The molecule has 0 fully saturated rings. The van der Waals surface area contributed by atoms with Gasteiger partial charge in [-0.3, -0.25) is 33.6 Å². The summed E-state index contributed by atoms with van der Waals surface area (Å²) in [4.78, 5) is 95.7. The van der Waals surface area contributed by atoms with Crippen molar-refractivity contribution in [3.05, 3.63) is 35.9 Å². The maximum Gasteiger partial charge on any atom is 0.325 e. The molecule has 1 aromatic carbocycles. The Kier molecular flexibility index (Phi) is 21.4. The van der Waals surface area contributed by atoms with Crippen LogP contribution in [0.2, 0.25) is 0 Å². The van der Waals surface area contributed by atoms with Gasteiger partial charge in [0, 0.05) is 76.5 Å². The van der Waals surface area contributed by atoms with Gasteiger partial charge in [0.25, 0.3) is 0 Å². The van der Waals surface area contributed by atoms with Crippen molar-refractivity contribution in [1.29, 1.82) is 0 Å². The number of carboxylic acids is 1. The second-order valence-corrected chi connectivity index (χ2v) is 12.5. The van der Waals surface area contributed by atoms with Gasteiger partial charge in [0.2, 0.25) is 5.91 Å². The van der Waals surface area contributed by atoms with E-state index in [2.05, 4.69) is 5.32 Å². The molecule has 2 atom stereocenters. The highest BCUT2D eigenvalue weighted by Gasteiger charge is 2.25. The summed E-state index contributed by atoms with van der Waals surface area (Å²) in [7, 11) is 0. The summed E-state index contributed by atoms with van der Waals surface area (Å²) in [5.41, 5.74) is 0.884. The van der Waals surface area contributed by atoms with Crippen LogP contribution in [0.5, 0.6) is 0 Å². The molecule has 2 N–H and O–H groups in total. The average molecular weight is 656 g/mol. The molecule has 0 radical (unpaired) electrons. The Labute approximate surface area is 278 Å².